The molecule has 6 rings (SSSR count). The van der Waals surface area contributed by atoms with Crippen molar-refractivity contribution in [3.63, 3.8) is 0 Å². The summed E-state index contributed by atoms with van der Waals surface area (Å²) in [5, 5.41) is 29.0. The van der Waals surface area contributed by atoms with Crippen molar-refractivity contribution in [3.8, 4) is 0 Å². The molecule has 2 fully saturated rings. The van der Waals surface area contributed by atoms with Crippen molar-refractivity contribution in [1.82, 2.24) is 41.7 Å². The zero-order valence-corrected chi connectivity index (χ0v) is 33.0. The van der Waals surface area contributed by atoms with Gasteiger partial charge >= 0.3 is 0 Å². The summed E-state index contributed by atoms with van der Waals surface area (Å²) in [4.78, 5) is 17.1. The fourth-order valence-corrected chi connectivity index (χ4v) is 6.98. The SMILES string of the molecule is C=N/C=C\N=C1CC=C(CNC2=CNCC=C2N2CCNC(C)C2)C=C1Cl.CC/C=C\N=C1C=C(CNC2=CNCC=C2N2CCNCC2C)C(F)=CC1=N. The molecule has 4 aliphatic heterocycles. The maximum absolute atomic E-state index is 14.4. The number of piperazine rings is 2. The lowest BCUT2D eigenvalue weighted by Crippen LogP contribution is -2.50. The third-order valence-corrected chi connectivity index (χ3v) is 9.94. The van der Waals surface area contributed by atoms with Gasteiger partial charge < -0.3 is 41.7 Å². The number of hydrogen-bond acceptors (Lipinski definition) is 12. The van der Waals surface area contributed by atoms with E-state index < -0.39 is 0 Å². The van der Waals surface area contributed by atoms with Gasteiger partial charge in [0.05, 0.1) is 45.0 Å². The van der Waals surface area contributed by atoms with Crippen LogP contribution in [0.4, 0.5) is 4.39 Å². The normalized spacial score (nSPS) is 24.6. The van der Waals surface area contributed by atoms with Gasteiger partial charge in [-0.2, -0.15) is 0 Å². The highest BCUT2D eigenvalue weighted by atomic mass is 35.5. The number of nitrogens with zero attached hydrogens (tertiary/aromatic N) is 5. The Balaban J connectivity index is 0.000000211. The summed E-state index contributed by atoms with van der Waals surface area (Å²) in [6.07, 6.45) is 23.8. The van der Waals surface area contributed by atoms with E-state index >= 15 is 0 Å². The Kier molecular flexibility index (Phi) is 15.9. The zero-order chi connectivity index (χ0) is 39.0. The quantitative estimate of drug-likeness (QED) is 0.113. The van der Waals surface area contributed by atoms with Crippen LogP contribution in [0.2, 0.25) is 0 Å². The van der Waals surface area contributed by atoms with E-state index in [2.05, 4.69) is 102 Å². The first-order valence-electron chi connectivity index (χ1n) is 19.1. The zero-order valence-electron chi connectivity index (χ0n) is 32.3. The number of halogens is 2. The summed E-state index contributed by atoms with van der Waals surface area (Å²) in [5.74, 6) is -0.388. The molecule has 0 aromatic rings. The van der Waals surface area contributed by atoms with Crippen LogP contribution in [0, 0.1) is 5.41 Å². The van der Waals surface area contributed by atoms with E-state index in [0.29, 0.717) is 41.4 Å². The number of dihydropyridines is 2. The molecular formula is C41H56ClFN12. The van der Waals surface area contributed by atoms with Gasteiger partial charge in [-0.1, -0.05) is 30.7 Å². The van der Waals surface area contributed by atoms with Crippen molar-refractivity contribution in [2.24, 2.45) is 15.0 Å². The molecule has 7 N–H and O–H groups in total. The lowest BCUT2D eigenvalue weighted by atomic mass is 10.0. The van der Waals surface area contributed by atoms with Crippen molar-refractivity contribution < 1.29 is 4.39 Å². The topological polar surface area (TPSA) is 140 Å². The first-order valence-corrected chi connectivity index (χ1v) is 19.5. The number of hydrogen-bond donors (Lipinski definition) is 7. The number of aliphatic imine (C=N–C) groups is 3. The molecule has 294 valence electrons. The Morgan fingerprint density at radius 2 is 1.73 bits per heavy atom. The van der Waals surface area contributed by atoms with Gasteiger partial charge in [-0.25, -0.2) is 4.39 Å². The Labute approximate surface area is 330 Å². The second-order valence-electron chi connectivity index (χ2n) is 13.8. The van der Waals surface area contributed by atoms with Crippen LogP contribution in [0.25, 0.3) is 0 Å². The molecule has 2 aliphatic carbocycles. The highest BCUT2D eigenvalue weighted by molar-refractivity contribution is 6.50. The minimum atomic E-state index is -0.388. The van der Waals surface area contributed by atoms with Crippen LogP contribution >= 0.6 is 11.6 Å². The smallest absolute Gasteiger partial charge is 0.130 e. The predicted molar refractivity (Wildman–Crippen MR) is 227 cm³/mol. The highest BCUT2D eigenvalue weighted by Crippen LogP contribution is 2.23. The molecular weight excluding hydrogens is 715 g/mol. The predicted octanol–water partition coefficient (Wildman–Crippen LogP) is 4.64. The van der Waals surface area contributed by atoms with Gasteiger partial charge in [0.15, 0.2) is 0 Å². The van der Waals surface area contributed by atoms with Crippen molar-refractivity contribution in [3.05, 3.63) is 118 Å². The molecule has 2 unspecified atom stereocenters. The van der Waals surface area contributed by atoms with Gasteiger partial charge in [0.2, 0.25) is 0 Å². The fourth-order valence-electron chi connectivity index (χ4n) is 6.72. The Bertz CT molecular complexity index is 1790. The molecule has 0 bridgehead atoms. The fraction of sp³-hybridized carbons (Fsp3) is 0.415. The molecule has 0 spiro atoms. The Morgan fingerprint density at radius 3 is 2.45 bits per heavy atom. The van der Waals surface area contributed by atoms with Crippen molar-refractivity contribution >= 4 is 35.5 Å². The van der Waals surface area contributed by atoms with E-state index in [9.17, 15) is 4.39 Å². The van der Waals surface area contributed by atoms with Gasteiger partial charge in [-0.05, 0) is 56.9 Å². The number of rotatable bonds is 12. The minimum Gasteiger partial charge on any atom is -0.386 e. The van der Waals surface area contributed by atoms with E-state index in [0.717, 1.165) is 93.7 Å². The first-order chi connectivity index (χ1) is 26.8. The van der Waals surface area contributed by atoms with E-state index in [4.69, 9.17) is 17.0 Å². The maximum Gasteiger partial charge on any atom is 0.130 e. The highest BCUT2D eigenvalue weighted by Gasteiger charge is 2.25. The molecule has 0 amide bonds. The summed E-state index contributed by atoms with van der Waals surface area (Å²) in [5.41, 5.74) is 7.58. The van der Waals surface area contributed by atoms with Crippen LogP contribution in [-0.4, -0.2) is 111 Å². The van der Waals surface area contributed by atoms with E-state index in [1.165, 1.54) is 11.8 Å². The van der Waals surface area contributed by atoms with Crippen molar-refractivity contribution in [1.29, 1.82) is 5.41 Å². The third-order valence-electron chi connectivity index (χ3n) is 9.61. The lowest BCUT2D eigenvalue weighted by Gasteiger charge is -2.39. The summed E-state index contributed by atoms with van der Waals surface area (Å²) in [6, 6.07) is 0.903. The maximum atomic E-state index is 14.4. The largest absolute Gasteiger partial charge is 0.386 e. The van der Waals surface area contributed by atoms with Gasteiger partial charge in [0.25, 0.3) is 0 Å². The average Bonchev–Trinajstić information content (AvgIpc) is 3.19. The third kappa shape index (κ3) is 12.0. The standard InChI is InChI=1S/C21H29FN6.C20H27ClN6/c1-3-4-6-26-19-10-16(17(22)11-18(19)23)13-27-20-14-24-7-5-21(20)28-9-8-25-12-15(28)2;1-15-14-27(10-9-24-15)20-5-6-23-13-19(20)26-12-16-3-4-18(17(21)11-16)25-8-7-22-2/h4-6,10-11,14-15,23-25,27H,3,7-9,12-13H2,1-2H3;3,5,7-8,11,13,15,23-24,26H,2,4,6,9-10,12,14H2,1H3/b6-4-,23-18?,26-19?;8-7-,25-18?. The second-order valence-corrected chi connectivity index (χ2v) is 14.2. The molecule has 2 atom stereocenters. The first kappa shape index (κ1) is 41.2. The van der Waals surface area contributed by atoms with E-state index in [-0.39, 0.29) is 11.5 Å². The Hall–Kier alpha value is -4.98. The second kappa shape index (κ2) is 21.2. The van der Waals surface area contributed by atoms with Gasteiger partial charge in [-0.15, -0.1) is 0 Å². The van der Waals surface area contributed by atoms with Crippen LogP contribution in [0.5, 0.6) is 0 Å². The van der Waals surface area contributed by atoms with Crippen molar-refractivity contribution in [2.45, 2.75) is 45.7 Å². The summed E-state index contributed by atoms with van der Waals surface area (Å²) >= 11 is 6.37. The van der Waals surface area contributed by atoms with E-state index in [1.54, 1.807) is 24.7 Å². The molecule has 4 heterocycles. The van der Waals surface area contributed by atoms with Gasteiger partial charge in [0.1, 0.15) is 5.83 Å². The van der Waals surface area contributed by atoms with Gasteiger partial charge in [0, 0.05) is 127 Å². The molecule has 0 aromatic heterocycles. The van der Waals surface area contributed by atoms with Gasteiger partial charge in [-0.3, -0.25) is 20.4 Å². The van der Waals surface area contributed by atoms with Crippen molar-refractivity contribution in [2.75, 3.05) is 65.4 Å². The molecule has 55 heavy (non-hydrogen) atoms. The van der Waals surface area contributed by atoms with Crippen LogP contribution in [0.15, 0.2) is 133 Å². The summed E-state index contributed by atoms with van der Waals surface area (Å²) < 4.78 is 14.4. The van der Waals surface area contributed by atoms with Crippen LogP contribution in [0.1, 0.15) is 33.6 Å². The summed E-state index contributed by atoms with van der Waals surface area (Å²) in [7, 11) is 0. The van der Waals surface area contributed by atoms with Crippen LogP contribution < -0.4 is 31.9 Å². The molecule has 0 aromatic carbocycles. The minimum absolute atomic E-state index is 0.0933. The van der Waals surface area contributed by atoms with Crippen LogP contribution in [-0.2, 0) is 0 Å². The molecule has 0 radical (unpaired) electrons. The number of allylic oxidation sites excluding steroid dienone is 5. The van der Waals surface area contributed by atoms with Crippen LogP contribution in [0.3, 0.4) is 0 Å². The molecule has 14 heteroatoms. The lowest BCUT2D eigenvalue weighted by molar-refractivity contribution is 0.224. The molecule has 12 nitrogen and oxygen atoms in total. The molecule has 0 saturated carbocycles. The summed E-state index contributed by atoms with van der Waals surface area (Å²) in [6.45, 7) is 18.5. The number of nitrogens with one attached hydrogen (secondary N) is 7. The van der Waals surface area contributed by atoms with E-state index in [1.807, 2.05) is 25.3 Å². The molecule has 6 aliphatic rings. The Morgan fingerprint density at radius 1 is 0.964 bits per heavy atom. The monoisotopic (exact) mass is 770 g/mol. The average molecular weight is 771 g/mol. The molecule has 2 saturated heterocycles.